The number of carbonyl (C=O) groups excluding carboxylic acids is 1. The van der Waals surface area contributed by atoms with Gasteiger partial charge in [0.15, 0.2) is 11.6 Å². The molecule has 16 heavy (non-hydrogen) atoms. The molecule has 2 rings (SSSR count). The first-order valence-electron chi connectivity index (χ1n) is 5.50. The van der Waals surface area contributed by atoms with E-state index in [1.54, 1.807) is 6.20 Å². The average molecular weight is 217 g/mol. The monoisotopic (exact) mass is 217 g/mol. The highest BCUT2D eigenvalue weighted by molar-refractivity contribution is 5.93. The van der Waals surface area contributed by atoms with E-state index in [1.165, 1.54) is 0 Å². The molecule has 2 aromatic heterocycles. The predicted octanol–water partition coefficient (Wildman–Crippen LogP) is 2.60. The summed E-state index contributed by atoms with van der Waals surface area (Å²) < 4.78 is 2.05. The third-order valence-corrected chi connectivity index (χ3v) is 2.58. The summed E-state index contributed by atoms with van der Waals surface area (Å²) in [6.07, 6.45) is 4.13. The Bertz CT molecular complexity index is 528. The lowest BCUT2D eigenvalue weighted by Gasteiger charge is -2.08. The summed E-state index contributed by atoms with van der Waals surface area (Å²) in [5.41, 5.74) is 0.835. The van der Waals surface area contributed by atoms with Gasteiger partial charge in [-0.1, -0.05) is 6.92 Å². The molecule has 0 fully saturated rings. The van der Waals surface area contributed by atoms with Crippen molar-refractivity contribution in [3.63, 3.8) is 0 Å². The van der Waals surface area contributed by atoms with Crippen LogP contribution in [0.4, 0.5) is 0 Å². The standard InChI is InChI=1S/C12H15N3O/c1-4-10(16)11-13-7-9-5-6-15(8(2)3)12(9)14-11/h5-8H,4H2,1-3H3. The van der Waals surface area contributed by atoms with Gasteiger partial charge in [-0.05, 0) is 19.9 Å². The van der Waals surface area contributed by atoms with Crippen LogP contribution in [0.2, 0.25) is 0 Å². The molecule has 4 nitrogen and oxygen atoms in total. The quantitative estimate of drug-likeness (QED) is 0.742. The van der Waals surface area contributed by atoms with Gasteiger partial charge in [-0.3, -0.25) is 4.79 Å². The lowest BCUT2D eigenvalue weighted by Crippen LogP contribution is -2.06. The molecule has 0 spiro atoms. The average Bonchev–Trinajstić information content (AvgIpc) is 2.70. The van der Waals surface area contributed by atoms with Crippen molar-refractivity contribution in [2.24, 2.45) is 0 Å². The van der Waals surface area contributed by atoms with Crippen LogP contribution < -0.4 is 0 Å². The molecule has 0 amide bonds. The smallest absolute Gasteiger partial charge is 0.199 e. The minimum atomic E-state index is -0.0154. The molecule has 0 saturated carbocycles. The van der Waals surface area contributed by atoms with Gasteiger partial charge < -0.3 is 4.57 Å². The van der Waals surface area contributed by atoms with Gasteiger partial charge in [0.05, 0.1) is 0 Å². The Hall–Kier alpha value is -1.71. The molecule has 0 aliphatic rings. The summed E-state index contributed by atoms with van der Waals surface area (Å²) in [6, 6.07) is 2.30. The summed E-state index contributed by atoms with van der Waals surface area (Å²) in [7, 11) is 0. The second kappa shape index (κ2) is 4.04. The lowest BCUT2D eigenvalue weighted by molar-refractivity contribution is 0.0978. The fourth-order valence-electron chi connectivity index (χ4n) is 1.65. The summed E-state index contributed by atoms with van der Waals surface area (Å²) in [5, 5.41) is 0.973. The molecule has 2 heterocycles. The van der Waals surface area contributed by atoms with Crippen molar-refractivity contribution >= 4 is 16.8 Å². The highest BCUT2D eigenvalue weighted by Gasteiger charge is 2.11. The third kappa shape index (κ3) is 1.71. The van der Waals surface area contributed by atoms with Crippen LogP contribution in [-0.4, -0.2) is 20.3 Å². The van der Waals surface area contributed by atoms with Gasteiger partial charge in [-0.15, -0.1) is 0 Å². The van der Waals surface area contributed by atoms with Crippen molar-refractivity contribution in [3.8, 4) is 0 Å². The van der Waals surface area contributed by atoms with Crippen molar-refractivity contribution in [2.75, 3.05) is 0 Å². The molecule has 84 valence electrons. The van der Waals surface area contributed by atoms with Crippen LogP contribution in [0.1, 0.15) is 43.9 Å². The Morgan fingerprint density at radius 1 is 1.50 bits per heavy atom. The molecule has 0 atom stereocenters. The molecular weight excluding hydrogens is 202 g/mol. The molecule has 0 N–H and O–H groups in total. The molecule has 0 aliphatic carbocycles. The number of rotatable bonds is 3. The van der Waals surface area contributed by atoms with Crippen LogP contribution in [0.5, 0.6) is 0 Å². The first-order chi connectivity index (χ1) is 7.63. The van der Waals surface area contributed by atoms with E-state index in [0.717, 1.165) is 11.0 Å². The first kappa shape index (κ1) is 10.8. The molecule has 0 bridgehead atoms. The third-order valence-electron chi connectivity index (χ3n) is 2.58. The zero-order valence-corrected chi connectivity index (χ0v) is 9.77. The van der Waals surface area contributed by atoms with Gasteiger partial charge in [0.1, 0.15) is 5.65 Å². The van der Waals surface area contributed by atoms with Gasteiger partial charge in [0.25, 0.3) is 0 Å². The Labute approximate surface area is 94.3 Å². The Kier molecular flexibility index (Phi) is 2.73. The topological polar surface area (TPSA) is 47.8 Å². The van der Waals surface area contributed by atoms with E-state index in [1.807, 2.05) is 23.8 Å². The van der Waals surface area contributed by atoms with Crippen LogP contribution in [-0.2, 0) is 0 Å². The number of aromatic nitrogens is 3. The molecule has 0 radical (unpaired) electrons. The van der Waals surface area contributed by atoms with Gasteiger partial charge in [0.2, 0.25) is 0 Å². The van der Waals surface area contributed by atoms with E-state index >= 15 is 0 Å². The second-order valence-electron chi connectivity index (χ2n) is 4.07. The number of hydrogen-bond donors (Lipinski definition) is 0. The van der Waals surface area contributed by atoms with Gasteiger partial charge >= 0.3 is 0 Å². The van der Waals surface area contributed by atoms with Crippen molar-refractivity contribution in [2.45, 2.75) is 33.2 Å². The van der Waals surface area contributed by atoms with Crippen LogP contribution in [0, 0.1) is 0 Å². The van der Waals surface area contributed by atoms with Crippen LogP contribution in [0.15, 0.2) is 18.5 Å². The zero-order chi connectivity index (χ0) is 11.7. The largest absolute Gasteiger partial charge is 0.330 e. The summed E-state index contributed by atoms with van der Waals surface area (Å²) in [6.45, 7) is 5.99. The summed E-state index contributed by atoms with van der Waals surface area (Å²) >= 11 is 0. The Balaban J connectivity index is 2.58. The van der Waals surface area contributed by atoms with Crippen molar-refractivity contribution in [1.29, 1.82) is 0 Å². The van der Waals surface area contributed by atoms with E-state index in [0.29, 0.717) is 18.3 Å². The van der Waals surface area contributed by atoms with Crippen LogP contribution in [0.3, 0.4) is 0 Å². The molecule has 0 aromatic carbocycles. The number of hydrogen-bond acceptors (Lipinski definition) is 3. The fraction of sp³-hybridized carbons (Fsp3) is 0.417. The van der Waals surface area contributed by atoms with Gasteiger partial charge in [-0.2, -0.15) is 0 Å². The van der Waals surface area contributed by atoms with E-state index < -0.39 is 0 Å². The molecule has 0 aliphatic heterocycles. The Morgan fingerprint density at radius 2 is 2.25 bits per heavy atom. The predicted molar refractivity (Wildman–Crippen MR) is 62.5 cm³/mol. The second-order valence-corrected chi connectivity index (χ2v) is 4.07. The Morgan fingerprint density at radius 3 is 2.88 bits per heavy atom. The number of Topliss-reactive ketones (excluding diaryl/α,β-unsaturated/α-hetero) is 1. The van der Waals surface area contributed by atoms with Gasteiger partial charge in [0, 0.05) is 30.2 Å². The van der Waals surface area contributed by atoms with E-state index in [4.69, 9.17) is 0 Å². The van der Waals surface area contributed by atoms with Crippen molar-refractivity contribution in [3.05, 3.63) is 24.3 Å². The number of carbonyl (C=O) groups is 1. The summed E-state index contributed by atoms with van der Waals surface area (Å²) in [5.74, 6) is 0.300. The van der Waals surface area contributed by atoms with E-state index in [9.17, 15) is 4.79 Å². The number of nitrogens with zero attached hydrogens (tertiary/aromatic N) is 3. The maximum atomic E-state index is 11.5. The minimum absolute atomic E-state index is 0.0154. The molecule has 0 saturated heterocycles. The molecule has 2 aromatic rings. The van der Waals surface area contributed by atoms with Crippen molar-refractivity contribution < 1.29 is 4.79 Å². The zero-order valence-electron chi connectivity index (χ0n) is 9.77. The number of ketones is 1. The highest BCUT2D eigenvalue weighted by atomic mass is 16.1. The van der Waals surface area contributed by atoms with E-state index in [2.05, 4.69) is 23.8 Å². The van der Waals surface area contributed by atoms with Crippen molar-refractivity contribution in [1.82, 2.24) is 14.5 Å². The molecular formula is C12H15N3O. The fourth-order valence-corrected chi connectivity index (χ4v) is 1.65. The van der Waals surface area contributed by atoms with Gasteiger partial charge in [-0.25, -0.2) is 9.97 Å². The van der Waals surface area contributed by atoms with E-state index in [-0.39, 0.29) is 5.78 Å². The molecule has 4 heteroatoms. The lowest BCUT2D eigenvalue weighted by atomic mass is 10.3. The maximum absolute atomic E-state index is 11.5. The SMILES string of the molecule is CCC(=O)c1ncc2ccn(C(C)C)c2n1. The van der Waals surface area contributed by atoms with Crippen LogP contribution in [0.25, 0.3) is 11.0 Å². The molecule has 0 unspecified atom stereocenters. The first-order valence-corrected chi connectivity index (χ1v) is 5.50. The van der Waals surface area contributed by atoms with Crippen LogP contribution >= 0.6 is 0 Å². The minimum Gasteiger partial charge on any atom is -0.330 e. The number of fused-ring (bicyclic) bond motifs is 1. The maximum Gasteiger partial charge on any atom is 0.199 e. The normalized spacial score (nSPS) is 11.2. The highest BCUT2D eigenvalue weighted by Crippen LogP contribution is 2.17. The summed E-state index contributed by atoms with van der Waals surface area (Å²) in [4.78, 5) is 19.9.